The molecule has 2 fully saturated rings. The first-order valence-electron chi connectivity index (χ1n) is 7.87. The van der Waals surface area contributed by atoms with Crippen LogP contribution in [0.25, 0.3) is 0 Å². The first-order valence-corrected chi connectivity index (χ1v) is 7.87. The molecule has 2 N–H and O–H groups in total. The summed E-state index contributed by atoms with van der Waals surface area (Å²) in [6.45, 7) is 0. The van der Waals surface area contributed by atoms with Crippen LogP contribution in [0, 0.1) is 5.92 Å². The standard InChI is InChI=1S/C17H22F3N/c18-17(19,20)13-6-3-5-12(11-13)16(9-4-10-16)14-7-1-2-8-15(14)21/h3,5-6,11,14-15H,1-2,4,7-10,21H2. The summed E-state index contributed by atoms with van der Waals surface area (Å²) in [5.74, 6) is 0.337. The second-order valence-corrected chi connectivity index (χ2v) is 6.64. The van der Waals surface area contributed by atoms with Crippen LogP contribution < -0.4 is 5.73 Å². The molecule has 0 amide bonds. The maximum Gasteiger partial charge on any atom is 0.416 e. The number of rotatable bonds is 2. The molecule has 2 unspecified atom stereocenters. The van der Waals surface area contributed by atoms with Crippen molar-refractivity contribution in [2.45, 2.75) is 62.6 Å². The molecule has 21 heavy (non-hydrogen) atoms. The molecular weight excluding hydrogens is 275 g/mol. The van der Waals surface area contributed by atoms with Gasteiger partial charge in [0.2, 0.25) is 0 Å². The van der Waals surface area contributed by atoms with Gasteiger partial charge in [0, 0.05) is 6.04 Å². The van der Waals surface area contributed by atoms with E-state index < -0.39 is 11.7 Å². The number of hydrogen-bond acceptors (Lipinski definition) is 1. The summed E-state index contributed by atoms with van der Waals surface area (Å²) >= 11 is 0. The molecule has 116 valence electrons. The van der Waals surface area contributed by atoms with Crippen LogP contribution in [0.1, 0.15) is 56.1 Å². The molecule has 4 heteroatoms. The van der Waals surface area contributed by atoms with Crippen LogP contribution in [0.5, 0.6) is 0 Å². The van der Waals surface area contributed by atoms with Crippen molar-refractivity contribution < 1.29 is 13.2 Å². The predicted molar refractivity (Wildman–Crippen MR) is 76.9 cm³/mol. The summed E-state index contributed by atoms with van der Waals surface area (Å²) in [6, 6.07) is 6.08. The van der Waals surface area contributed by atoms with Crippen LogP contribution in [0.4, 0.5) is 13.2 Å². The molecule has 0 bridgehead atoms. The molecule has 2 atom stereocenters. The molecule has 1 nitrogen and oxygen atoms in total. The Labute approximate surface area is 123 Å². The lowest BCUT2D eigenvalue weighted by Crippen LogP contribution is -2.51. The lowest BCUT2D eigenvalue weighted by atomic mass is 9.53. The summed E-state index contributed by atoms with van der Waals surface area (Å²) in [6.07, 6.45) is 3.15. The van der Waals surface area contributed by atoms with Gasteiger partial charge in [-0.2, -0.15) is 13.2 Å². The van der Waals surface area contributed by atoms with E-state index in [9.17, 15) is 13.2 Å². The minimum atomic E-state index is -4.27. The SMILES string of the molecule is NC1CCCCC1C1(c2cccc(C(F)(F)F)c2)CCC1. The molecule has 0 aliphatic heterocycles. The first-order chi connectivity index (χ1) is 9.93. The van der Waals surface area contributed by atoms with Gasteiger partial charge in [-0.05, 0) is 48.6 Å². The van der Waals surface area contributed by atoms with Gasteiger partial charge in [0.25, 0.3) is 0 Å². The van der Waals surface area contributed by atoms with Gasteiger partial charge in [0.1, 0.15) is 0 Å². The van der Waals surface area contributed by atoms with Crippen LogP contribution in [0.15, 0.2) is 24.3 Å². The van der Waals surface area contributed by atoms with Crippen molar-refractivity contribution in [2.24, 2.45) is 11.7 Å². The van der Waals surface area contributed by atoms with E-state index in [0.29, 0.717) is 5.92 Å². The minimum absolute atomic E-state index is 0.110. The minimum Gasteiger partial charge on any atom is -0.327 e. The van der Waals surface area contributed by atoms with Crippen LogP contribution in [-0.2, 0) is 11.6 Å². The van der Waals surface area contributed by atoms with E-state index in [0.717, 1.165) is 56.6 Å². The fourth-order valence-corrected chi connectivity index (χ4v) is 4.28. The molecule has 0 saturated heterocycles. The number of alkyl halides is 3. The Morgan fingerprint density at radius 1 is 1.05 bits per heavy atom. The number of hydrogen-bond donors (Lipinski definition) is 1. The lowest BCUT2D eigenvalue weighted by Gasteiger charge is -2.52. The van der Waals surface area contributed by atoms with Gasteiger partial charge in [-0.3, -0.25) is 0 Å². The second-order valence-electron chi connectivity index (χ2n) is 6.64. The molecule has 0 aromatic heterocycles. The zero-order chi connectivity index (χ0) is 15.1. The highest BCUT2D eigenvalue weighted by Crippen LogP contribution is 2.53. The third-order valence-corrected chi connectivity index (χ3v) is 5.54. The Kier molecular flexibility index (Phi) is 3.76. The van der Waals surface area contributed by atoms with Gasteiger partial charge in [0.15, 0.2) is 0 Å². The van der Waals surface area contributed by atoms with E-state index >= 15 is 0 Å². The van der Waals surface area contributed by atoms with Crippen LogP contribution in [0.2, 0.25) is 0 Å². The average Bonchev–Trinajstić information content (AvgIpc) is 2.39. The molecule has 3 rings (SSSR count). The van der Waals surface area contributed by atoms with Crippen LogP contribution >= 0.6 is 0 Å². The second kappa shape index (κ2) is 5.31. The van der Waals surface area contributed by atoms with Crippen molar-refractivity contribution in [1.82, 2.24) is 0 Å². The molecule has 0 spiro atoms. The molecule has 0 radical (unpaired) electrons. The fraction of sp³-hybridized carbons (Fsp3) is 0.647. The van der Waals surface area contributed by atoms with E-state index in [1.54, 1.807) is 6.07 Å². The van der Waals surface area contributed by atoms with Gasteiger partial charge < -0.3 is 5.73 Å². The average molecular weight is 297 g/mol. The zero-order valence-electron chi connectivity index (χ0n) is 12.1. The van der Waals surface area contributed by atoms with Crippen molar-refractivity contribution in [3.63, 3.8) is 0 Å². The van der Waals surface area contributed by atoms with Crippen LogP contribution in [-0.4, -0.2) is 6.04 Å². The van der Waals surface area contributed by atoms with Crippen molar-refractivity contribution in [3.05, 3.63) is 35.4 Å². The number of nitrogens with two attached hydrogens (primary N) is 1. The molecule has 2 saturated carbocycles. The van der Waals surface area contributed by atoms with E-state index in [2.05, 4.69) is 0 Å². The van der Waals surface area contributed by atoms with Crippen LogP contribution in [0.3, 0.4) is 0 Å². The normalized spacial score (nSPS) is 29.0. The Morgan fingerprint density at radius 2 is 1.76 bits per heavy atom. The molecule has 2 aliphatic rings. The fourth-order valence-electron chi connectivity index (χ4n) is 4.28. The van der Waals surface area contributed by atoms with Gasteiger partial charge in [-0.25, -0.2) is 0 Å². The predicted octanol–water partition coefficient (Wildman–Crippen LogP) is 4.64. The van der Waals surface area contributed by atoms with Gasteiger partial charge in [0.05, 0.1) is 5.56 Å². The molecular formula is C17H22F3N. The Bertz CT molecular complexity index is 505. The summed E-state index contributed by atoms with van der Waals surface area (Å²) in [4.78, 5) is 0. The monoisotopic (exact) mass is 297 g/mol. The summed E-state index contributed by atoms with van der Waals surface area (Å²) in [5.41, 5.74) is 6.52. The van der Waals surface area contributed by atoms with Crippen molar-refractivity contribution >= 4 is 0 Å². The maximum atomic E-state index is 13.0. The highest BCUT2D eigenvalue weighted by molar-refractivity contribution is 5.35. The molecule has 1 aromatic carbocycles. The van der Waals surface area contributed by atoms with Crippen molar-refractivity contribution in [1.29, 1.82) is 0 Å². The van der Waals surface area contributed by atoms with E-state index in [1.807, 2.05) is 6.07 Å². The van der Waals surface area contributed by atoms with Crippen molar-refractivity contribution in [2.75, 3.05) is 0 Å². The highest BCUT2D eigenvalue weighted by Gasteiger charge is 2.48. The third kappa shape index (κ3) is 2.59. The lowest BCUT2D eigenvalue weighted by molar-refractivity contribution is -0.137. The summed E-state index contributed by atoms with van der Waals surface area (Å²) in [5, 5.41) is 0. The first kappa shape index (κ1) is 14.9. The van der Waals surface area contributed by atoms with E-state index in [4.69, 9.17) is 5.73 Å². The Balaban J connectivity index is 1.96. The van der Waals surface area contributed by atoms with Crippen molar-refractivity contribution in [3.8, 4) is 0 Å². The smallest absolute Gasteiger partial charge is 0.327 e. The third-order valence-electron chi connectivity index (χ3n) is 5.54. The van der Waals surface area contributed by atoms with Gasteiger partial charge >= 0.3 is 6.18 Å². The highest BCUT2D eigenvalue weighted by atomic mass is 19.4. The quantitative estimate of drug-likeness (QED) is 0.845. The van der Waals surface area contributed by atoms with E-state index in [-0.39, 0.29) is 11.5 Å². The topological polar surface area (TPSA) is 26.0 Å². The van der Waals surface area contributed by atoms with E-state index in [1.165, 1.54) is 6.07 Å². The largest absolute Gasteiger partial charge is 0.416 e. The maximum absolute atomic E-state index is 13.0. The summed E-state index contributed by atoms with van der Waals surface area (Å²) in [7, 11) is 0. The molecule has 0 heterocycles. The van der Waals surface area contributed by atoms with Gasteiger partial charge in [-0.1, -0.05) is 37.5 Å². The zero-order valence-corrected chi connectivity index (χ0v) is 12.1. The number of halogens is 3. The number of benzene rings is 1. The Morgan fingerprint density at radius 3 is 2.33 bits per heavy atom. The molecule has 2 aliphatic carbocycles. The summed E-state index contributed by atoms with van der Waals surface area (Å²) < 4.78 is 38.9. The van der Waals surface area contributed by atoms with Gasteiger partial charge in [-0.15, -0.1) is 0 Å². The molecule has 1 aromatic rings. The Hall–Kier alpha value is -1.03.